The summed E-state index contributed by atoms with van der Waals surface area (Å²) in [5.74, 6) is -0.227. The van der Waals surface area contributed by atoms with Crippen LogP contribution < -0.4 is 0 Å². The molecule has 0 spiro atoms. The number of rotatable bonds is 0. The Hall–Kier alpha value is -0.0375. The number of hydrogen-bond donors (Lipinski definition) is 0. The quantitative estimate of drug-likeness (QED) is 0.398. The molecule has 0 aromatic rings. The van der Waals surface area contributed by atoms with Crippen molar-refractivity contribution < 1.29 is 12.4 Å². The van der Waals surface area contributed by atoms with E-state index in [4.69, 9.17) is 3.79 Å². The van der Waals surface area contributed by atoms with E-state index in [2.05, 4.69) is 3.79 Å². The molecule has 1 radical (unpaired) electrons. The van der Waals surface area contributed by atoms with Gasteiger partial charge in [-0.05, 0) is 6.92 Å². The maximum atomic E-state index is 10.2. The standard InChI is InChI=1S/C3H5O3.Al/c1-2(4)3(5)6;/h2H,1H3,(H,5,6);/q-1;+2/p-1/t2-;/m0./s1. The monoisotopic (exact) mass is 115 g/mol. The van der Waals surface area contributed by atoms with Crippen molar-refractivity contribution in [2.24, 2.45) is 0 Å². The predicted molar refractivity (Wildman–Crippen MR) is 22.4 cm³/mol. The molecule has 1 atom stereocenters. The Morgan fingerprint density at radius 1 is 1.86 bits per heavy atom. The fourth-order valence-electron chi connectivity index (χ4n) is 0.310. The first-order valence-electron chi connectivity index (χ1n) is 1.98. The number of carbonyl (C=O) groups is 1. The van der Waals surface area contributed by atoms with E-state index in [0.29, 0.717) is 0 Å². The average Bonchev–Trinajstić information content (AvgIpc) is 1.91. The minimum Gasteiger partial charge on any atom is -0.598 e. The van der Waals surface area contributed by atoms with Gasteiger partial charge in [0.15, 0.2) is 0 Å². The second-order valence-electron chi connectivity index (χ2n) is 1.31. The van der Waals surface area contributed by atoms with Crippen molar-refractivity contribution >= 4 is 21.9 Å². The minimum absolute atomic E-state index is 0.227. The van der Waals surface area contributed by atoms with E-state index in [1.807, 2.05) is 0 Å². The molecule has 0 aromatic heterocycles. The number of hydrogen-bond acceptors (Lipinski definition) is 3. The molecule has 1 aliphatic heterocycles. The highest BCUT2D eigenvalue weighted by molar-refractivity contribution is 6.26. The van der Waals surface area contributed by atoms with E-state index in [9.17, 15) is 4.79 Å². The van der Waals surface area contributed by atoms with Crippen LogP contribution in [0.15, 0.2) is 0 Å². The summed E-state index contributed by atoms with van der Waals surface area (Å²) in [6, 6.07) is 0. The molecule has 0 bridgehead atoms. The summed E-state index contributed by atoms with van der Waals surface area (Å²) < 4.78 is 9.26. The van der Waals surface area contributed by atoms with Gasteiger partial charge in [-0.1, -0.05) is 0 Å². The van der Waals surface area contributed by atoms with Gasteiger partial charge in [-0.25, -0.2) is 0 Å². The third-order valence-corrected chi connectivity index (χ3v) is 1.60. The van der Waals surface area contributed by atoms with Crippen LogP contribution in [0.1, 0.15) is 6.92 Å². The van der Waals surface area contributed by atoms with Crippen molar-refractivity contribution in [3.63, 3.8) is 0 Å². The summed E-state index contributed by atoms with van der Waals surface area (Å²) >= 11 is -0.491. The molecule has 0 unspecified atom stereocenters. The molecule has 37 valence electrons. The van der Waals surface area contributed by atoms with Gasteiger partial charge in [0.2, 0.25) is 0 Å². The van der Waals surface area contributed by atoms with Gasteiger partial charge in [0.05, 0.1) is 0 Å². The minimum atomic E-state index is -0.491. The van der Waals surface area contributed by atoms with Gasteiger partial charge < -0.3 is 7.58 Å². The van der Waals surface area contributed by atoms with Gasteiger partial charge in [0, 0.05) is 0 Å². The number of carbonyl (C=O) groups excluding carboxylic acids is 1. The average molecular weight is 115 g/mol. The summed E-state index contributed by atoms with van der Waals surface area (Å²) in [6.45, 7) is 1.68. The van der Waals surface area contributed by atoms with Gasteiger partial charge in [0.25, 0.3) is 5.97 Å². The third-order valence-electron chi connectivity index (χ3n) is 0.756. The molecule has 0 N–H and O–H groups in total. The fourth-order valence-corrected chi connectivity index (χ4v) is 0.930. The van der Waals surface area contributed by atoms with Crippen LogP contribution in [0.5, 0.6) is 0 Å². The Morgan fingerprint density at radius 2 is 2.57 bits per heavy atom. The van der Waals surface area contributed by atoms with Crippen LogP contribution in [-0.4, -0.2) is 28.0 Å². The van der Waals surface area contributed by atoms with Crippen LogP contribution in [0.25, 0.3) is 0 Å². The van der Waals surface area contributed by atoms with Crippen molar-refractivity contribution in [1.82, 2.24) is 0 Å². The second kappa shape index (κ2) is 1.83. The van der Waals surface area contributed by atoms with Gasteiger partial charge >= 0.3 is 15.9 Å². The Morgan fingerprint density at radius 3 is 2.71 bits per heavy atom. The molecule has 0 aromatic carbocycles. The molecule has 3 nitrogen and oxygen atoms in total. The first kappa shape index (κ1) is 5.11. The van der Waals surface area contributed by atoms with Crippen molar-refractivity contribution in [2.45, 2.75) is 13.0 Å². The van der Waals surface area contributed by atoms with Gasteiger partial charge in [0.1, 0.15) is 6.10 Å². The largest absolute Gasteiger partial charge is 0.776 e. The van der Waals surface area contributed by atoms with E-state index >= 15 is 0 Å². The second-order valence-corrected chi connectivity index (χ2v) is 2.01. The van der Waals surface area contributed by atoms with Crippen LogP contribution in [0, 0.1) is 0 Å². The molecule has 1 rings (SSSR count). The summed E-state index contributed by atoms with van der Waals surface area (Å²) in [6.07, 6.45) is -0.310. The molecule has 1 fully saturated rings. The molecule has 0 saturated carbocycles. The first-order valence-corrected chi connectivity index (χ1v) is 2.92. The third kappa shape index (κ3) is 0.943. The zero-order valence-corrected chi connectivity index (χ0v) is 5.03. The maximum absolute atomic E-state index is 10.2. The summed E-state index contributed by atoms with van der Waals surface area (Å²) in [4.78, 5) is 10.2. The Bertz CT molecular complexity index is 92.2. The van der Waals surface area contributed by atoms with E-state index in [-0.39, 0.29) is 12.1 Å². The topological polar surface area (TPSA) is 35.5 Å². The SMILES string of the molecule is C[C@@H]1[O][Al][O]C1=O. The van der Waals surface area contributed by atoms with Gasteiger partial charge in [-0.15, -0.1) is 0 Å². The van der Waals surface area contributed by atoms with E-state index in [0.717, 1.165) is 0 Å². The molecule has 0 amide bonds. The van der Waals surface area contributed by atoms with E-state index in [1.165, 1.54) is 0 Å². The molecule has 7 heavy (non-hydrogen) atoms. The van der Waals surface area contributed by atoms with Crippen LogP contribution >= 0.6 is 0 Å². The Balaban J connectivity index is 2.48. The Kier molecular flexibility index (Phi) is 1.33. The summed E-state index contributed by atoms with van der Waals surface area (Å²) in [5.41, 5.74) is 0. The highest BCUT2D eigenvalue weighted by atomic mass is 27.2. The predicted octanol–water partition coefficient (Wildman–Crippen LogP) is -0.518. The van der Waals surface area contributed by atoms with Gasteiger partial charge in [-0.2, -0.15) is 0 Å². The molecule has 4 heteroatoms. The Labute approximate surface area is 48.0 Å². The lowest BCUT2D eigenvalue weighted by Gasteiger charge is -1.93. The molecule has 0 aliphatic carbocycles. The van der Waals surface area contributed by atoms with Crippen LogP contribution in [0.4, 0.5) is 0 Å². The van der Waals surface area contributed by atoms with Crippen molar-refractivity contribution in [1.29, 1.82) is 0 Å². The summed E-state index contributed by atoms with van der Waals surface area (Å²) in [5, 5.41) is 0. The zero-order chi connectivity index (χ0) is 5.28. The summed E-state index contributed by atoms with van der Waals surface area (Å²) in [7, 11) is 0. The molecular formula is C3H4AlO3. The highest BCUT2D eigenvalue weighted by Crippen LogP contribution is 1.99. The highest BCUT2D eigenvalue weighted by Gasteiger charge is 2.25. The smallest absolute Gasteiger partial charge is 0.598 e. The normalized spacial score (nSPS) is 29.3. The van der Waals surface area contributed by atoms with Crippen LogP contribution in [0.3, 0.4) is 0 Å². The van der Waals surface area contributed by atoms with Gasteiger partial charge in [-0.3, -0.25) is 4.79 Å². The van der Waals surface area contributed by atoms with Crippen LogP contribution in [0.2, 0.25) is 0 Å². The lowest BCUT2D eigenvalue weighted by molar-refractivity contribution is -0.135. The fraction of sp³-hybridized carbons (Fsp3) is 0.667. The van der Waals surface area contributed by atoms with E-state index in [1.54, 1.807) is 6.92 Å². The van der Waals surface area contributed by atoms with Crippen molar-refractivity contribution in [3.05, 3.63) is 0 Å². The first-order chi connectivity index (χ1) is 3.30. The molecule has 1 aliphatic rings. The lowest BCUT2D eigenvalue weighted by atomic mass is 10.4. The molecule has 1 saturated heterocycles. The maximum Gasteiger partial charge on any atom is 0.776 e. The zero-order valence-electron chi connectivity index (χ0n) is 3.88. The molecule has 1 heterocycles. The lowest BCUT2D eigenvalue weighted by Crippen LogP contribution is -2.09. The van der Waals surface area contributed by atoms with Crippen LogP contribution in [-0.2, 0) is 12.4 Å². The van der Waals surface area contributed by atoms with Crippen molar-refractivity contribution in [2.75, 3.05) is 0 Å². The van der Waals surface area contributed by atoms with Crippen molar-refractivity contribution in [3.8, 4) is 0 Å². The molecular weight excluding hydrogens is 111 g/mol. The van der Waals surface area contributed by atoms with E-state index < -0.39 is 15.9 Å².